The molecule has 0 spiro atoms. The Bertz CT molecular complexity index is 946. The molecule has 3 aromatic rings. The van der Waals surface area contributed by atoms with Gasteiger partial charge in [-0.3, -0.25) is 0 Å². The average molecular weight is 436 g/mol. The van der Waals surface area contributed by atoms with E-state index in [1.807, 2.05) is 0 Å². The van der Waals surface area contributed by atoms with Gasteiger partial charge in [-0.05, 0) is 41.8 Å². The first-order valence-electron chi connectivity index (χ1n) is 10.6. The lowest BCUT2D eigenvalue weighted by Gasteiger charge is -2.43. The molecule has 0 amide bonds. The minimum absolute atomic E-state index is 0.116. The van der Waals surface area contributed by atoms with E-state index in [0.29, 0.717) is 17.2 Å². The number of benzene rings is 3. The average Bonchev–Trinajstić information content (AvgIpc) is 2.78. The Hall–Kier alpha value is -2.92. The van der Waals surface area contributed by atoms with Gasteiger partial charge >= 0.3 is 0 Å². The summed E-state index contributed by atoms with van der Waals surface area (Å²) in [6.07, 6.45) is 0.874. The van der Waals surface area contributed by atoms with Crippen molar-refractivity contribution in [2.75, 3.05) is 25.9 Å². The second kappa shape index (κ2) is 9.92. The number of hydrogen-bond acceptors (Lipinski definition) is 4. The summed E-state index contributed by atoms with van der Waals surface area (Å²) < 4.78 is 19.5. The van der Waals surface area contributed by atoms with Crippen LogP contribution in [-0.4, -0.2) is 29.6 Å². The first kappa shape index (κ1) is 22.8. The van der Waals surface area contributed by atoms with Gasteiger partial charge in [0, 0.05) is 5.69 Å². The maximum Gasteiger partial charge on any atom is 0.203 e. The molecule has 31 heavy (non-hydrogen) atoms. The third-order valence-corrected chi connectivity index (χ3v) is 7.43. The summed E-state index contributed by atoms with van der Waals surface area (Å²) in [7, 11) is 3.19. The molecule has 0 aliphatic carbocycles. The van der Waals surface area contributed by atoms with Gasteiger partial charge in [0.05, 0.1) is 27.4 Å². The van der Waals surface area contributed by atoms with Crippen molar-refractivity contribution < 1.29 is 14.2 Å². The van der Waals surface area contributed by atoms with Crippen molar-refractivity contribution in [1.82, 2.24) is 0 Å². The van der Waals surface area contributed by atoms with E-state index >= 15 is 0 Å². The summed E-state index contributed by atoms with van der Waals surface area (Å²) >= 11 is 0. The lowest BCUT2D eigenvalue weighted by Crippen LogP contribution is -2.49. The molecule has 0 aliphatic rings. The van der Waals surface area contributed by atoms with E-state index in [1.165, 1.54) is 11.3 Å². The van der Waals surface area contributed by atoms with E-state index in [-0.39, 0.29) is 6.04 Å². The molecule has 0 N–H and O–H groups in total. The van der Waals surface area contributed by atoms with Crippen LogP contribution in [0.2, 0.25) is 19.6 Å². The first-order valence-corrected chi connectivity index (χ1v) is 14.0. The number of ether oxygens (including phenoxy) is 3. The third kappa shape index (κ3) is 5.23. The van der Waals surface area contributed by atoms with Crippen LogP contribution in [0.3, 0.4) is 0 Å². The van der Waals surface area contributed by atoms with Crippen LogP contribution in [-0.2, 0) is 6.42 Å². The number of methoxy groups -OCH3 is 3. The molecule has 0 radical (unpaired) electrons. The molecule has 0 saturated heterocycles. The van der Waals surface area contributed by atoms with Gasteiger partial charge in [-0.15, -0.1) is 0 Å². The Morgan fingerprint density at radius 3 is 1.71 bits per heavy atom. The zero-order valence-electron chi connectivity index (χ0n) is 19.4. The fraction of sp³-hybridized carbons (Fsp3) is 0.308. The highest BCUT2D eigenvalue weighted by atomic mass is 28.3. The molecule has 1 unspecified atom stereocenters. The largest absolute Gasteiger partial charge is 0.493 e. The van der Waals surface area contributed by atoms with Crippen molar-refractivity contribution in [2.24, 2.45) is 0 Å². The summed E-state index contributed by atoms with van der Waals surface area (Å²) in [5.41, 5.74) is 3.67. The molecule has 164 valence electrons. The zero-order valence-corrected chi connectivity index (χ0v) is 20.4. The topological polar surface area (TPSA) is 30.9 Å². The molecule has 1 atom stereocenters. The summed E-state index contributed by atoms with van der Waals surface area (Å²) in [6, 6.07) is 25.6. The lowest BCUT2D eigenvalue weighted by atomic mass is 9.97. The van der Waals surface area contributed by atoms with Crippen LogP contribution in [0.4, 0.5) is 5.69 Å². The monoisotopic (exact) mass is 435 g/mol. The van der Waals surface area contributed by atoms with Crippen molar-refractivity contribution in [2.45, 2.75) is 32.1 Å². The summed E-state index contributed by atoms with van der Waals surface area (Å²) in [5, 5.41) is 0. The second-order valence-electron chi connectivity index (χ2n) is 8.54. The maximum absolute atomic E-state index is 5.68. The van der Waals surface area contributed by atoms with Crippen LogP contribution in [0.15, 0.2) is 72.8 Å². The van der Waals surface area contributed by atoms with Crippen molar-refractivity contribution in [3.05, 3.63) is 83.9 Å². The van der Waals surface area contributed by atoms with E-state index in [1.54, 1.807) is 21.3 Å². The number of para-hydroxylation sites is 1. The molecule has 0 saturated carbocycles. The van der Waals surface area contributed by atoms with Crippen molar-refractivity contribution in [3.63, 3.8) is 0 Å². The predicted molar refractivity (Wildman–Crippen MR) is 131 cm³/mol. The Balaban J connectivity index is 2.21. The van der Waals surface area contributed by atoms with Crippen LogP contribution < -0.4 is 18.8 Å². The van der Waals surface area contributed by atoms with Gasteiger partial charge in [0.2, 0.25) is 5.75 Å². The number of anilines is 1. The fourth-order valence-electron chi connectivity index (χ4n) is 4.11. The third-order valence-electron chi connectivity index (χ3n) is 5.41. The Morgan fingerprint density at radius 1 is 0.742 bits per heavy atom. The van der Waals surface area contributed by atoms with Crippen LogP contribution in [0.1, 0.15) is 17.2 Å². The molecule has 3 rings (SSSR count). The summed E-state index contributed by atoms with van der Waals surface area (Å²) in [4.78, 5) is 0. The normalized spacial score (nSPS) is 12.2. The quantitative estimate of drug-likeness (QED) is 0.367. The van der Waals surface area contributed by atoms with Crippen LogP contribution in [0, 0.1) is 0 Å². The highest BCUT2D eigenvalue weighted by Gasteiger charge is 2.33. The minimum Gasteiger partial charge on any atom is -0.493 e. The first-order chi connectivity index (χ1) is 14.9. The van der Waals surface area contributed by atoms with Gasteiger partial charge in [0.15, 0.2) is 11.5 Å². The highest BCUT2D eigenvalue weighted by Crippen LogP contribution is 2.43. The highest BCUT2D eigenvalue weighted by molar-refractivity contribution is 6.79. The van der Waals surface area contributed by atoms with Crippen LogP contribution in [0.5, 0.6) is 17.2 Å². The molecule has 0 aliphatic heterocycles. The Labute approximate surface area is 187 Å². The molecule has 0 heterocycles. The van der Waals surface area contributed by atoms with E-state index in [0.717, 1.165) is 12.0 Å². The lowest BCUT2D eigenvalue weighted by molar-refractivity contribution is 0.323. The minimum atomic E-state index is -1.78. The smallest absolute Gasteiger partial charge is 0.203 e. The standard InChI is InChI=1S/C26H33NO3Si/c1-28-24-18-21(19-25(29-2)26(24)30-3)23(17-20-13-9-7-10-14-20)27(31(4,5)6)22-15-11-8-12-16-22/h7-16,18-19,23H,17H2,1-6H3. The SMILES string of the molecule is COc1cc(C(Cc2ccccc2)N(c2ccccc2)[Si](C)(C)C)cc(OC)c1OC. The van der Waals surface area contributed by atoms with Gasteiger partial charge in [-0.2, -0.15) is 0 Å². The van der Waals surface area contributed by atoms with E-state index in [9.17, 15) is 0 Å². The second-order valence-corrected chi connectivity index (χ2v) is 13.4. The molecule has 0 bridgehead atoms. The van der Waals surface area contributed by atoms with Crippen LogP contribution >= 0.6 is 0 Å². The predicted octanol–water partition coefficient (Wildman–Crippen LogP) is 6.34. The van der Waals surface area contributed by atoms with Crippen molar-refractivity contribution in [1.29, 1.82) is 0 Å². The van der Waals surface area contributed by atoms with Gasteiger partial charge in [-0.25, -0.2) is 0 Å². The van der Waals surface area contributed by atoms with Gasteiger partial charge in [-0.1, -0.05) is 68.2 Å². The number of hydrogen-bond donors (Lipinski definition) is 0. The number of rotatable bonds is 9. The zero-order chi connectivity index (χ0) is 22.4. The maximum atomic E-state index is 5.68. The van der Waals surface area contributed by atoms with Crippen LogP contribution in [0.25, 0.3) is 0 Å². The number of nitrogens with zero attached hydrogens (tertiary/aromatic N) is 1. The fourth-order valence-corrected chi connectivity index (χ4v) is 6.21. The molecular formula is C26H33NO3Si. The van der Waals surface area contributed by atoms with Crippen molar-refractivity contribution >= 4 is 13.9 Å². The van der Waals surface area contributed by atoms with E-state index < -0.39 is 8.24 Å². The molecule has 4 nitrogen and oxygen atoms in total. The Kier molecular flexibility index (Phi) is 7.28. The summed E-state index contributed by atoms with van der Waals surface area (Å²) in [6.45, 7) is 7.15. The summed E-state index contributed by atoms with van der Waals surface area (Å²) in [5.74, 6) is 1.98. The van der Waals surface area contributed by atoms with Gasteiger partial charge in [0.25, 0.3) is 0 Å². The van der Waals surface area contributed by atoms with E-state index in [2.05, 4.69) is 97.0 Å². The van der Waals surface area contributed by atoms with E-state index in [4.69, 9.17) is 14.2 Å². The Morgan fingerprint density at radius 2 is 1.26 bits per heavy atom. The van der Waals surface area contributed by atoms with Gasteiger partial charge in [0.1, 0.15) is 8.24 Å². The molecule has 0 fully saturated rings. The molecule has 0 aromatic heterocycles. The molecule has 5 heteroatoms. The molecular weight excluding hydrogens is 402 g/mol. The van der Waals surface area contributed by atoms with Crippen molar-refractivity contribution in [3.8, 4) is 17.2 Å². The van der Waals surface area contributed by atoms with Gasteiger partial charge < -0.3 is 18.8 Å². The molecule has 3 aromatic carbocycles.